The molecule has 0 amide bonds. The molecule has 0 aliphatic rings. The number of carboxylic acid groups (broad SMARTS) is 1. The lowest BCUT2D eigenvalue weighted by Gasteiger charge is -2.08. The number of nitrogens with zero attached hydrogens (tertiary/aromatic N) is 11. The van der Waals surface area contributed by atoms with E-state index in [0.29, 0.717) is 37.5 Å². The van der Waals surface area contributed by atoms with E-state index in [0.717, 1.165) is 20.5 Å². The number of aldehydes is 1. The van der Waals surface area contributed by atoms with E-state index in [1.165, 1.54) is 107 Å². The summed E-state index contributed by atoms with van der Waals surface area (Å²) in [6.45, 7) is 3.25. The number of carboxylic acids is 1. The van der Waals surface area contributed by atoms with E-state index in [4.69, 9.17) is 22.4 Å². The van der Waals surface area contributed by atoms with E-state index >= 15 is 0 Å². The lowest BCUT2D eigenvalue weighted by Crippen LogP contribution is -2.13. The van der Waals surface area contributed by atoms with E-state index in [1.54, 1.807) is 118 Å². The van der Waals surface area contributed by atoms with Crippen molar-refractivity contribution in [2.45, 2.75) is 59.5 Å². The number of aromatic nitrogens is 10. The number of halogens is 12. The molecule has 0 spiro atoms. The van der Waals surface area contributed by atoms with Gasteiger partial charge in [0, 0.05) is 65.7 Å². The van der Waals surface area contributed by atoms with Gasteiger partial charge in [-0.1, -0.05) is 62.7 Å². The van der Waals surface area contributed by atoms with Crippen molar-refractivity contribution in [3.8, 4) is 28.4 Å². The zero-order valence-corrected chi connectivity index (χ0v) is 63.7. The maximum absolute atomic E-state index is 14.0. The van der Waals surface area contributed by atoms with Crippen molar-refractivity contribution in [3.63, 3.8) is 0 Å². The molecule has 0 unspecified atom stereocenters. The Balaban J connectivity index is 0.000000226. The topological polar surface area (TPSA) is 253 Å². The van der Waals surface area contributed by atoms with Gasteiger partial charge in [0.1, 0.15) is 41.3 Å². The van der Waals surface area contributed by atoms with Crippen LogP contribution in [0.25, 0.3) is 28.4 Å². The fourth-order valence-corrected chi connectivity index (χ4v) is 10.3. The highest BCUT2D eigenvalue weighted by Crippen LogP contribution is 2.28. The quantitative estimate of drug-likeness (QED) is 0.0237. The predicted molar refractivity (Wildman–Crippen MR) is 394 cm³/mol. The van der Waals surface area contributed by atoms with Gasteiger partial charge in [0.2, 0.25) is 11.6 Å². The zero-order valence-electron chi connectivity index (χ0n) is 59.2. The maximum Gasteiger partial charge on any atom is 0.357 e. The number of nitrogens with two attached hydrogens (primary N) is 1. The minimum Gasteiger partial charge on any atom is -0.477 e. The number of benzene rings is 6. The fourth-order valence-electron chi connectivity index (χ4n) is 8.12. The number of ether oxygens (including phenoxy) is 1. The molecule has 0 aliphatic heterocycles. The van der Waals surface area contributed by atoms with Gasteiger partial charge in [0.25, 0.3) is 0 Å². The zero-order chi connectivity index (χ0) is 79.6. The Bertz CT molecular complexity index is 4810. The Hall–Kier alpha value is -8.76. The summed E-state index contributed by atoms with van der Waals surface area (Å²) >= 11 is 18.4. The van der Waals surface area contributed by atoms with Gasteiger partial charge < -0.3 is 25.6 Å². The van der Waals surface area contributed by atoms with E-state index in [-0.39, 0.29) is 89.4 Å². The Morgan fingerprint density at radius 3 is 1.30 bits per heavy atom. The molecule has 32 heteroatoms. The van der Waals surface area contributed by atoms with Crippen LogP contribution in [0, 0.1) is 34.9 Å². The molecular formula is C70H64Br6F6N12O8. The summed E-state index contributed by atoms with van der Waals surface area (Å²) in [5.74, 6) is -5.23. The second kappa shape index (κ2) is 42.6. The average molecular weight is 1800 g/mol. The Morgan fingerprint density at radius 1 is 0.529 bits per heavy atom. The molecule has 11 aromatic rings. The molecule has 0 saturated heterocycles. The third kappa shape index (κ3) is 23.7. The Morgan fingerprint density at radius 2 is 0.902 bits per heavy atom. The molecular weight excluding hydrogens is 1730 g/mol. The van der Waals surface area contributed by atoms with E-state index in [9.17, 15) is 55.4 Å². The summed E-state index contributed by atoms with van der Waals surface area (Å²) in [5, 5.41) is 37.6. The monoisotopic (exact) mass is 1790 g/mol. The van der Waals surface area contributed by atoms with Gasteiger partial charge in [-0.05, 0) is 212 Å². The van der Waals surface area contributed by atoms with Crippen molar-refractivity contribution in [1.29, 1.82) is 0 Å². The molecule has 0 atom stereocenters. The number of esters is 1. The molecule has 20 nitrogen and oxygen atoms in total. The predicted octanol–water partition coefficient (Wildman–Crippen LogP) is 17.0. The number of hydrogen-bond donors (Lipinski definition) is 3. The first kappa shape index (κ1) is 75.9. The standard InChI is InChI=1S/C12H10BrFN2O2.C12H12BrFN2.C10H6BrFN2O2.C10H8BrFN2O.C10H6BrFN2O.C9H15NO2.C7H7BrFN/c1-2-18-12(17)10-6-7-15-16(10)9-5-3-4-8(13)11(9)14;1-2-4-9-7-8-15-16(9)11-6-3-5-10(13)12(11)14;11-6-2-1-3-7(9(6)12)14-8(10(15)16)4-5-13-14;2*11-8-2-1-3-9(10(8)12)14-7(6-15)4-5-13-14;1-4-5-8(11)9(12)6-7-10(2)3;8-6-3-1-2-5(4-10)7(6)9/h3-7H,2H2,1H3;3,5-8H,2,4H2,1H3;1-5H,(H,15,16);1-5,15H,6H2;1-6H;6-7H,4-5H2,1-3H3;1-3H,4,10H2/b;;;;;7-6+;/i;4D2;;6D2;6D;;. The summed E-state index contributed by atoms with van der Waals surface area (Å²) in [7, 11) is 3.60. The number of aryl methyl sites for hydroxylation is 1. The molecule has 0 radical (unpaired) electrons. The highest BCUT2D eigenvalue weighted by atomic mass is 79.9. The number of carbonyl (C=O) groups excluding carboxylic acids is 4. The van der Waals surface area contributed by atoms with Crippen LogP contribution in [0.1, 0.15) is 95.3 Å². The van der Waals surface area contributed by atoms with Crippen LogP contribution in [0.2, 0.25) is 0 Å². The third-order valence-electron chi connectivity index (χ3n) is 12.8. The van der Waals surface area contributed by atoms with Crippen molar-refractivity contribution >= 4 is 125 Å². The smallest absolute Gasteiger partial charge is 0.357 e. The van der Waals surface area contributed by atoms with Crippen LogP contribution in [-0.2, 0) is 33.8 Å². The molecule has 11 rings (SSSR count). The van der Waals surface area contributed by atoms with Crippen molar-refractivity contribution < 1.29 is 72.1 Å². The maximum atomic E-state index is 14.0. The Labute approximate surface area is 639 Å². The normalized spacial score (nSPS) is 11.4. The first-order valence-corrected chi connectivity index (χ1v) is 34.5. The number of Topliss-reactive ketones (excluding diaryl/α,β-unsaturated/α-hetero) is 1. The largest absolute Gasteiger partial charge is 0.477 e. The third-order valence-corrected chi connectivity index (χ3v) is 16.5. The van der Waals surface area contributed by atoms with Crippen LogP contribution < -0.4 is 5.73 Å². The minimum atomic E-state index is -2.58. The first-order valence-electron chi connectivity index (χ1n) is 32.2. The molecule has 536 valence electrons. The number of allylic oxidation sites excluding steroid dienone is 1. The first-order chi connectivity index (χ1) is 50.6. The molecule has 0 saturated carbocycles. The second-order valence-corrected chi connectivity index (χ2v) is 25.1. The second-order valence-electron chi connectivity index (χ2n) is 20.0. The van der Waals surface area contributed by atoms with Crippen molar-refractivity contribution in [1.82, 2.24) is 53.8 Å². The van der Waals surface area contributed by atoms with E-state index in [2.05, 4.69) is 121 Å². The van der Waals surface area contributed by atoms with E-state index in [1.807, 2.05) is 6.92 Å². The number of rotatable bonds is 18. The lowest BCUT2D eigenvalue weighted by atomic mass is 10.1. The van der Waals surface area contributed by atoms with Gasteiger partial charge in [-0.25, -0.2) is 59.3 Å². The van der Waals surface area contributed by atoms with Gasteiger partial charge in [-0.2, -0.15) is 25.5 Å². The molecule has 102 heavy (non-hydrogen) atoms. The molecule has 5 heterocycles. The molecule has 0 fully saturated rings. The molecule has 0 aliphatic carbocycles. The highest BCUT2D eigenvalue weighted by molar-refractivity contribution is 9.11. The van der Waals surface area contributed by atoms with Crippen LogP contribution in [0.5, 0.6) is 0 Å². The number of ketones is 2. The summed E-state index contributed by atoms with van der Waals surface area (Å²) < 4.78 is 132. The van der Waals surface area contributed by atoms with E-state index < -0.39 is 66.0 Å². The highest BCUT2D eigenvalue weighted by Gasteiger charge is 2.20. The van der Waals surface area contributed by atoms with Crippen LogP contribution in [0.15, 0.2) is 210 Å². The summed E-state index contributed by atoms with van der Waals surface area (Å²) in [6.07, 6.45) is 8.66. The van der Waals surface area contributed by atoms with Gasteiger partial charge in [0.05, 0.1) is 67.0 Å². The number of aliphatic hydroxyl groups is 1. The molecule has 0 bridgehead atoms. The van der Waals surface area contributed by atoms with Crippen LogP contribution in [0.4, 0.5) is 26.3 Å². The summed E-state index contributed by atoms with van der Waals surface area (Å²) in [5.41, 5.74) is 6.87. The fraction of sp³-hybridized carbons (Fsp3) is 0.171. The van der Waals surface area contributed by atoms with Crippen LogP contribution >= 0.6 is 95.6 Å². The van der Waals surface area contributed by atoms with Crippen molar-refractivity contribution in [2.75, 3.05) is 20.7 Å². The minimum absolute atomic E-state index is 0.0250. The van der Waals surface area contributed by atoms with Gasteiger partial charge in [0.15, 0.2) is 46.7 Å². The van der Waals surface area contributed by atoms with Crippen LogP contribution in [-0.4, -0.2) is 114 Å². The summed E-state index contributed by atoms with van der Waals surface area (Å²) in [4.78, 5) is 57.1. The van der Waals surface area contributed by atoms with Crippen molar-refractivity contribution in [2.24, 2.45) is 5.73 Å². The van der Waals surface area contributed by atoms with Gasteiger partial charge in [-0.3, -0.25) is 14.4 Å². The van der Waals surface area contributed by atoms with Gasteiger partial charge in [-0.15, -0.1) is 0 Å². The number of aromatic carboxylic acids is 1. The van der Waals surface area contributed by atoms with Crippen LogP contribution in [0.3, 0.4) is 0 Å². The summed E-state index contributed by atoms with van der Waals surface area (Å²) in [6, 6.07) is 35.6. The Kier molecular flexibility index (Phi) is 31.7. The molecule has 6 aromatic carbocycles. The SMILES string of the molecule is CCCC(=O)C(=O)/C=C/N(C)C.CCOC(=O)c1ccnn1-c1cccc(Br)c1F.NCc1cccc(Br)c1F.O=C(O)c1ccnn1-c1cccc(Br)c1F.[2H]C(=O)c1ccnn1-c1cccc(Br)c1F.[2H]C([2H])(CC)c1ccnn1-c1cccc(Br)c1F.[2H]C([2H])(O)c1ccnn1-c1cccc(Br)c1F. The average Bonchev–Trinajstić information content (AvgIpc) is 1.75. The number of carbonyl (C=O) groups is 5. The molecule has 4 N–H and O–H groups in total. The lowest BCUT2D eigenvalue weighted by molar-refractivity contribution is -0.133. The van der Waals surface area contributed by atoms with Gasteiger partial charge >= 0.3 is 11.9 Å². The van der Waals surface area contributed by atoms with Crippen molar-refractivity contribution in [3.05, 3.63) is 279 Å². The molecule has 5 aromatic heterocycles. The number of hydrogen-bond acceptors (Lipinski definition) is 14.